The molecular formula is C25H26F9N3O8. The van der Waals surface area contributed by atoms with Gasteiger partial charge in [-0.25, -0.2) is 14.4 Å². The standard InChI is InChI=1S/C19H23N3O2.3C2HF3O2/c1-2-8-21-16(4-1)12-22-13-18(19-17(22)5-3-11-23-19)24-14-15-6-9-20-10-7-15;3*3-2(4,5)1(6)7/h1-2,4,6-10,17-19H,3,5,11-14H2;3*(H,6,7)/t17-,18+,19+;;;/m0.../s1. The number of pyridine rings is 2. The van der Waals surface area contributed by atoms with Gasteiger partial charge in [0.2, 0.25) is 0 Å². The number of carboxylic acid groups (broad SMARTS) is 3. The molecular weight excluding hydrogens is 641 g/mol. The molecule has 2 fully saturated rings. The van der Waals surface area contributed by atoms with Gasteiger partial charge in [-0.15, -0.1) is 0 Å². The smallest absolute Gasteiger partial charge is 0.475 e. The van der Waals surface area contributed by atoms with Gasteiger partial charge in [-0.2, -0.15) is 39.5 Å². The first-order chi connectivity index (χ1) is 20.7. The molecule has 2 aliphatic heterocycles. The Labute approximate surface area is 248 Å². The Morgan fingerprint density at radius 1 is 0.844 bits per heavy atom. The Hall–Kier alpha value is -4.04. The Bertz CT molecular complexity index is 1140. The van der Waals surface area contributed by atoms with E-state index in [1.54, 1.807) is 12.4 Å². The van der Waals surface area contributed by atoms with E-state index in [0.29, 0.717) is 12.6 Å². The zero-order valence-electron chi connectivity index (χ0n) is 22.7. The molecule has 20 heteroatoms. The van der Waals surface area contributed by atoms with Gasteiger partial charge in [-0.05, 0) is 42.7 Å². The molecule has 2 aromatic rings. The summed E-state index contributed by atoms with van der Waals surface area (Å²) in [6, 6.07) is 10.5. The van der Waals surface area contributed by atoms with Gasteiger partial charge < -0.3 is 24.8 Å². The number of hydrogen-bond acceptors (Lipinski definition) is 8. The topological polar surface area (TPSA) is 159 Å². The molecule has 0 spiro atoms. The van der Waals surface area contributed by atoms with Crippen LogP contribution in [-0.2, 0) is 37.0 Å². The number of nitrogens with zero attached hydrogens (tertiary/aromatic N) is 3. The highest BCUT2D eigenvalue weighted by molar-refractivity contribution is 5.73. The molecule has 0 amide bonds. The van der Waals surface area contributed by atoms with Crippen LogP contribution in [-0.4, -0.2) is 98.0 Å². The van der Waals surface area contributed by atoms with Gasteiger partial charge in [0.25, 0.3) is 0 Å². The van der Waals surface area contributed by atoms with E-state index in [1.165, 1.54) is 6.42 Å². The molecule has 2 aliphatic rings. The number of halogens is 9. The third-order valence-electron chi connectivity index (χ3n) is 5.62. The first-order valence-electron chi connectivity index (χ1n) is 12.4. The fourth-order valence-corrected chi connectivity index (χ4v) is 3.71. The molecule has 0 bridgehead atoms. The summed E-state index contributed by atoms with van der Waals surface area (Å²) in [5.41, 5.74) is 2.26. The maximum atomic E-state index is 10.6. The quantitative estimate of drug-likeness (QED) is 0.390. The maximum absolute atomic E-state index is 10.6. The Kier molecular flexibility index (Phi) is 15.1. The van der Waals surface area contributed by atoms with Crippen molar-refractivity contribution in [2.24, 2.45) is 0 Å². The summed E-state index contributed by atoms with van der Waals surface area (Å²) in [6.07, 6.45) is -7.20. The van der Waals surface area contributed by atoms with Gasteiger partial charge >= 0.3 is 36.4 Å². The summed E-state index contributed by atoms with van der Waals surface area (Å²) < 4.78 is 107. The lowest BCUT2D eigenvalue weighted by Crippen LogP contribution is -2.41. The SMILES string of the molecule is O=C(O)C(F)(F)F.O=C(O)C(F)(F)F.O=C(O)C(F)(F)F.c1ccc(CN2C[C@@H](OCc3ccncc3)[C@@H]3OCCC[C@@H]32)nc1. The van der Waals surface area contributed by atoms with Crippen molar-refractivity contribution in [3.05, 3.63) is 60.2 Å². The highest BCUT2D eigenvalue weighted by Crippen LogP contribution is 2.32. The van der Waals surface area contributed by atoms with E-state index in [9.17, 15) is 39.5 Å². The molecule has 0 saturated carbocycles. The number of likely N-dealkylation sites (tertiary alicyclic amines) is 1. The van der Waals surface area contributed by atoms with Crippen molar-refractivity contribution in [1.29, 1.82) is 0 Å². The molecule has 0 aromatic carbocycles. The van der Waals surface area contributed by atoms with Crippen molar-refractivity contribution in [3.8, 4) is 0 Å². The average molecular weight is 667 g/mol. The van der Waals surface area contributed by atoms with E-state index in [4.69, 9.17) is 39.2 Å². The highest BCUT2D eigenvalue weighted by atomic mass is 19.4. The first-order valence-corrected chi connectivity index (χ1v) is 12.4. The summed E-state index contributed by atoms with van der Waals surface area (Å²) in [5, 5.41) is 21.4. The fourth-order valence-electron chi connectivity index (χ4n) is 3.71. The summed E-state index contributed by atoms with van der Waals surface area (Å²) in [7, 11) is 0. The van der Waals surface area contributed by atoms with Gasteiger partial charge in [-0.1, -0.05) is 6.07 Å². The number of fused-ring (bicyclic) bond motifs is 1. The molecule has 252 valence electrons. The number of rotatable bonds is 5. The number of carboxylic acids is 3. The number of ether oxygens (including phenoxy) is 2. The van der Waals surface area contributed by atoms with Crippen LogP contribution in [0.15, 0.2) is 48.9 Å². The second kappa shape index (κ2) is 17.4. The minimum Gasteiger partial charge on any atom is -0.475 e. The zero-order chi connectivity index (χ0) is 34.4. The molecule has 4 rings (SSSR count). The van der Waals surface area contributed by atoms with Gasteiger partial charge in [0, 0.05) is 44.3 Å². The minimum atomic E-state index is -5.08. The molecule has 3 N–H and O–H groups in total. The lowest BCUT2D eigenvalue weighted by Gasteiger charge is -2.32. The number of carbonyl (C=O) groups is 3. The molecule has 2 aromatic heterocycles. The van der Waals surface area contributed by atoms with Crippen molar-refractivity contribution in [3.63, 3.8) is 0 Å². The van der Waals surface area contributed by atoms with Gasteiger partial charge in [0.1, 0.15) is 6.10 Å². The van der Waals surface area contributed by atoms with E-state index in [1.807, 2.05) is 30.5 Å². The first kappa shape index (κ1) is 39.0. The van der Waals surface area contributed by atoms with Gasteiger partial charge in [0.15, 0.2) is 0 Å². The monoisotopic (exact) mass is 667 g/mol. The number of alkyl halides is 9. The molecule has 2 saturated heterocycles. The van der Waals surface area contributed by atoms with E-state index in [-0.39, 0.29) is 12.2 Å². The van der Waals surface area contributed by atoms with Crippen molar-refractivity contribution in [1.82, 2.24) is 14.9 Å². The van der Waals surface area contributed by atoms with Crippen LogP contribution in [0.1, 0.15) is 24.1 Å². The van der Waals surface area contributed by atoms with Crippen LogP contribution in [0.25, 0.3) is 0 Å². The number of aromatic nitrogens is 2. The Morgan fingerprint density at radius 2 is 1.36 bits per heavy atom. The number of aliphatic carboxylic acids is 3. The van der Waals surface area contributed by atoms with Gasteiger partial charge in [0.05, 0.1) is 18.4 Å². The molecule has 45 heavy (non-hydrogen) atoms. The number of hydrogen-bond donors (Lipinski definition) is 3. The van der Waals surface area contributed by atoms with Crippen LogP contribution in [0.3, 0.4) is 0 Å². The second-order valence-corrected chi connectivity index (χ2v) is 8.91. The third kappa shape index (κ3) is 15.0. The predicted octanol–water partition coefficient (Wildman–Crippen LogP) is 4.33. The highest BCUT2D eigenvalue weighted by Gasteiger charge is 2.44. The summed E-state index contributed by atoms with van der Waals surface area (Å²) in [5.74, 6) is -8.27. The molecule has 0 aliphatic carbocycles. The van der Waals surface area contributed by atoms with Crippen molar-refractivity contribution in [2.45, 2.75) is 62.8 Å². The van der Waals surface area contributed by atoms with E-state index in [2.05, 4.69) is 20.9 Å². The van der Waals surface area contributed by atoms with E-state index < -0.39 is 36.4 Å². The summed E-state index contributed by atoms with van der Waals surface area (Å²) in [6.45, 7) is 3.21. The minimum absolute atomic E-state index is 0.118. The van der Waals surface area contributed by atoms with Crippen molar-refractivity contribution < 1.29 is 78.7 Å². The lowest BCUT2D eigenvalue weighted by molar-refractivity contribution is -0.193. The molecule has 0 unspecified atom stereocenters. The molecule has 11 nitrogen and oxygen atoms in total. The van der Waals surface area contributed by atoms with Crippen LogP contribution in [0.4, 0.5) is 39.5 Å². The zero-order valence-corrected chi connectivity index (χ0v) is 22.7. The van der Waals surface area contributed by atoms with Crippen LogP contribution in [0.5, 0.6) is 0 Å². The maximum Gasteiger partial charge on any atom is 0.490 e. The summed E-state index contributed by atoms with van der Waals surface area (Å²) >= 11 is 0. The normalized spacial score (nSPS) is 19.7. The average Bonchev–Trinajstić information content (AvgIpc) is 3.29. The molecule has 4 heterocycles. The Balaban J connectivity index is 0.000000396. The summed E-state index contributed by atoms with van der Waals surface area (Å²) in [4.78, 5) is 37.7. The van der Waals surface area contributed by atoms with Gasteiger partial charge in [-0.3, -0.25) is 14.9 Å². The van der Waals surface area contributed by atoms with E-state index in [0.717, 1.165) is 37.4 Å². The van der Waals surface area contributed by atoms with Crippen LogP contribution >= 0.6 is 0 Å². The van der Waals surface area contributed by atoms with Crippen molar-refractivity contribution in [2.75, 3.05) is 13.2 Å². The van der Waals surface area contributed by atoms with Crippen LogP contribution < -0.4 is 0 Å². The molecule has 3 atom stereocenters. The Morgan fingerprint density at radius 3 is 1.80 bits per heavy atom. The van der Waals surface area contributed by atoms with Crippen molar-refractivity contribution >= 4 is 17.9 Å². The predicted molar refractivity (Wildman–Crippen MR) is 131 cm³/mol. The second-order valence-electron chi connectivity index (χ2n) is 8.91. The fraction of sp³-hybridized carbons (Fsp3) is 0.480. The van der Waals surface area contributed by atoms with Crippen LogP contribution in [0, 0.1) is 0 Å². The van der Waals surface area contributed by atoms with Crippen LogP contribution in [0.2, 0.25) is 0 Å². The van der Waals surface area contributed by atoms with E-state index >= 15 is 0 Å². The largest absolute Gasteiger partial charge is 0.490 e. The third-order valence-corrected chi connectivity index (χ3v) is 5.62. The molecule has 0 radical (unpaired) electrons. The lowest BCUT2D eigenvalue weighted by atomic mass is 10.0.